The third-order valence-electron chi connectivity index (χ3n) is 7.86. The lowest BCUT2D eigenvalue weighted by molar-refractivity contribution is -0.369. The van der Waals surface area contributed by atoms with Crippen LogP contribution in [0.5, 0.6) is 0 Å². The predicted octanol–water partition coefficient (Wildman–Crippen LogP) is -2.40. The van der Waals surface area contributed by atoms with Crippen molar-refractivity contribution in [2.24, 2.45) is 0 Å². The van der Waals surface area contributed by atoms with Gasteiger partial charge in [0, 0.05) is 7.11 Å². The van der Waals surface area contributed by atoms with Crippen LogP contribution in [0.25, 0.3) is 0 Å². The Morgan fingerprint density at radius 1 is 0.600 bits per heavy atom. The maximum absolute atomic E-state index is 11.2. The minimum absolute atomic E-state index is 0.669. The monoisotopic (exact) mass is 440 g/mol. The highest BCUT2D eigenvalue weighted by molar-refractivity contribution is 5.22. The molecule has 0 radical (unpaired) electrons. The molecule has 2 aliphatic heterocycles. The molecule has 0 aromatic carbocycles. The minimum Gasteiger partial charge on any atom is -0.393 e. The van der Waals surface area contributed by atoms with Crippen LogP contribution in [0.2, 0.25) is 0 Å². The van der Waals surface area contributed by atoms with Crippen LogP contribution in [-0.4, -0.2) is 114 Å². The second kappa shape index (κ2) is 7.03. The summed E-state index contributed by atoms with van der Waals surface area (Å²) in [5, 5.41) is 73.8. The average Bonchev–Trinajstić information content (AvgIpc) is 2.87. The summed E-state index contributed by atoms with van der Waals surface area (Å²) in [6, 6.07) is 0. The predicted molar refractivity (Wildman–Crippen MR) is 101 cm³/mol. The van der Waals surface area contributed by atoms with Crippen molar-refractivity contribution in [3.8, 4) is 0 Å². The van der Waals surface area contributed by atoms with Crippen LogP contribution in [0, 0.1) is 0 Å². The van der Waals surface area contributed by atoms with E-state index >= 15 is 0 Å². The summed E-state index contributed by atoms with van der Waals surface area (Å²) in [5.74, 6) is -4.33. The Morgan fingerprint density at radius 3 is 1.27 bits per heavy atom. The zero-order valence-corrected chi connectivity index (χ0v) is 18.6. The highest BCUT2D eigenvalue weighted by Gasteiger charge is 2.77. The highest BCUT2D eigenvalue weighted by Crippen LogP contribution is 2.56. The fourth-order valence-electron chi connectivity index (χ4n) is 4.35. The largest absolute Gasteiger partial charge is 0.393 e. The van der Waals surface area contributed by atoms with Crippen LogP contribution in [-0.2, 0) is 18.9 Å². The standard InChI is InChI=1S/C19H36O11/c1-12(8-20)14(3,23)16(5,25)18(10-22,29-12)28-11-19(27-7)17(6,26)15(4,24)13(2,9-21)30-19/h20-26H,8-11H2,1-7H3. The van der Waals surface area contributed by atoms with E-state index < -0.39 is 71.6 Å². The molecule has 178 valence electrons. The zero-order chi connectivity index (χ0) is 23.7. The molecule has 0 amide bonds. The van der Waals surface area contributed by atoms with Gasteiger partial charge in [-0.15, -0.1) is 0 Å². The number of hydrogen-bond acceptors (Lipinski definition) is 11. The molecule has 0 saturated carbocycles. The molecule has 0 aromatic heterocycles. The van der Waals surface area contributed by atoms with Crippen LogP contribution in [0.3, 0.4) is 0 Å². The van der Waals surface area contributed by atoms with Crippen LogP contribution in [0.15, 0.2) is 0 Å². The van der Waals surface area contributed by atoms with Gasteiger partial charge in [0.1, 0.15) is 46.8 Å². The molecule has 8 atom stereocenters. The molecule has 11 nitrogen and oxygen atoms in total. The first-order valence-corrected chi connectivity index (χ1v) is 9.68. The van der Waals surface area contributed by atoms with E-state index in [1.807, 2.05) is 0 Å². The van der Waals surface area contributed by atoms with Gasteiger partial charge in [-0.2, -0.15) is 0 Å². The zero-order valence-electron chi connectivity index (χ0n) is 18.6. The van der Waals surface area contributed by atoms with Gasteiger partial charge in [0.05, 0.1) is 13.2 Å². The molecule has 0 aliphatic carbocycles. The summed E-state index contributed by atoms with van der Waals surface area (Å²) in [7, 11) is 1.18. The van der Waals surface area contributed by atoms with Gasteiger partial charge in [0.15, 0.2) is 0 Å². The van der Waals surface area contributed by atoms with Crippen molar-refractivity contribution in [1.82, 2.24) is 0 Å². The van der Waals surface area contributed by atoms with Crippen molar-refractivity contribution in [2.75, 3.05) is 33.5 Å². The van der Waals surface area contributed by atoms with E-state index in [-0.39, 0.29) is 0 Å². The highest BCUT2D eigenvalue weighted by atomic mass is 16.8. The Labute approximate surface area is 175 Å². The molecule has 0 spiro atoms. The number of rotatable bonds is 7. The van der Waals surface area contributed by atoms with Gasteiger partial charge in [-0.1, -0.05) is 0 Å². The van der Waals surface area contributed by atoms with Gasteiger partial charge in [0.25, 0.3) is 0 Å². The molecule has 11 heteroatoms. The minimum atomic E-state index is -2.26. The topological polar surface area (TPSA) is 179 Å². The summed E-state index contributed by atoms with van der Waals surface area (Å²) in [6.07, 6.45) is 0. The molecule has 8 unspecified atom stereocenters. The molecule has 0 bridgehead atoms. The van der Waals surface area contributed by atoms with Crippen molar-refractivity contribution < 1.29 is 54.7 Å². The summed E-state index contributed by atoms with van der Waals surface area (Å²) in [5.41, 5.74) is -11.8. The van der Waals surface area contributed by atoms with E-state index in [1.54, 1.807) is 0 Å². The Bertz CT molecular complexity index is 607. The van der Waals surface area contributed by atoms with Crippen LogP contribution in [0.1, 0.15) is 41.5 Å². The second-order valence-corrected chi connectivity index (χ2v) is 9.43. The van der Waals surface area contributed by atoms with E-state index in [9.17, 15) is 35.7 Å². The Hall–Kier alpha value is -0.440. The van der Waals surface area contributed by atoms with Gasteiger partial charge in [-0.25, -0.2) is 0 Å². The first kappa shape index (κ1) is 25.8. The van der Waals surface area contributed by atoms with E-state index in [4.69, 9.17) is 18.9 Å². The third kappa shape index (κ3) is 2.72. The smallest absolute Gasteiger partial charge is 0.225 e. The van der Waals surface area contributed by atoms with Crippen LogP contribution >= 0.6 is 0 Å². The summed E-state index contributed by atoms with van der Waals surface area (Å²) in [6.45, 7) is 4.59. The number of methoxy groups -OCH3 is 1. The molecule has 2 fully saturated rings. The number of aliphatic hydroxyl groups excluding tert-OH is 3. The van der Waals surface area contributed by atoms with E-state index in [0.717, 1.165) is 0 Å². The maximum atomic E-state index is 11.2. The van der Waals surface area contributed by atoms with Crippen LogP contribution in [0.4, 0.5) is 0 Å². The quantitative estimate of drug-likeness (QED) is 0.224. The molecule has 2 rings (SSSR count). The number of hydrogen-bond donors (Lipinski definition) is 7. The van der Waals surface area contributed by atoms with Crippen molar-refractivity contribution in [2.45, 2.75) is 86.7 Å². The van der Waals surface area contributed by atoms with E-state index in [1.165, 1.54) is 48.7 Å². The Morgan fingerprint density at radius 2 is 0.967 bits per heavy atom. The van der Waals surface area contributed by atoms with E-state index in [0.29, 0.717) is 0 Å². The Kier molecular flexibility index (Phi) is 6.05. The normalized spacial score (nSPS) is 56.6. The molecule has 7 N–H and O–H groups in total. The average molecular weight is 440 g/mol. The van der Waals surface area contributed by atoms with Crippen LogP contribution < -0.4 is 0 Å². The molecular weight excluding hydrogens is 404 g/mol. The van der Waals surface area contributed by atoms with Gasteiger partial charge >= 0.3 is 0 Å². The third-order valence-corrected chi connectivity index (χ3v) is 7.86. The second-order valence-electron chi connectivity index (χ2n) is 9.43. The first-order chi connectivity index (χ1) is 13.4. The lowest BCUT2D eigenvalue weighted by atomic mass is 9.73. The van der Waals surface area contributed by atoms with Crippen molar-refractivity contribution in [3.63, 3.8) is 0 Å². The molecule has 2 saturated heterocycles. The first-order valence-electron chi connectivity index (χ1n) is 9.68. The van der Waals surface area contributed by atoms with Gasteiger partial charge in [-0.05, 0) is 41.5 Å². The number of aliphatic hydroxyl groups is 7. The number of ether oxygens (including phenoxy) is 4. The molecule has 2 heterocycles. The molecule has 2 aliphatic rings. The summed E-state index contributed by atoms with van der Waals surface area (Å²) < 4.78 is 22.6. The van der Waals surface area contributed by atoms with Gasteiger partial charge < -0.3 is 54.7 Å². The molecule has 0 aromatic rings. The van der Waals surface area contributed by atoms with E-state index in [2.05, 4.69) is 0 Å². The fraction of sp³-hybridized carbons (Fsp3) is 1.00. The van der Waals surface area contributed by atoms with Crippen molar-refractivity contribution in [3.05, 3.63) is 0 Å². The Balaban J connectivity index is 2.49. The van der Waals surface area contributed by atoms with Crippen molar-refractivity contribution >= 4 is 0 Å². The van der Waals surface area contributed by atoms with Crippen molar-refractivity contribution in [1.29, 1.82) is 0 Å². The fourth-order valence-corrected chi connectivity index (χ4v) is 4.35. The molecule has 30 heavy (non-hydrogen) atoms. The van der Waals surface area contributed by atoms with Gasteiger partial charge in [0.2, 0.25) is 11.6 Å². The maximum Gasteiger partial charge on any atom is 0.225 e. The SMILES string of the molecule is COC1(COC2(CO)OC(C)(CO)C(C)(O)C2(C)O)OC(C)(CO)C(C)(O)C1(C)O. The summed E-state index contributed by atoms with van der Waals surface area (Å²) in [4.78, 5) is 0. The molecular formula is C19H36O11. The lowest BCUT2D eigenvalue weighted by Crippen LogP contribution is -2.67. The lowest BCUT2D eigenvalue weighted by Gasteiger charge is -2.45. The van der Waals surface area contributed by atoms with Gasteiger partial charge in [-0.3, -0.25) is 0 Å². The summed E-state index contributed by atoms with van der Waals surface area (Å²) >= 11 is 0.